The Kier molecular flexibility index (Phi) is 15.8. The fourth-order valence-electron chi connectivity index (χ4n) is 4.80. The van der Waals surface area contributed by atoms with E-state index in [1.54, 1.807) is 0 Å². The molecule has 0 aliphatic rings. The third-order valence-corrected chi connectivity index (χ3v) is 7.54. The third-order valence-electron chi connectivity index (χ3n) is 7.54. The zero-order chi connectivity index (χ0) is 33.9. The van der Waals surface area contributed by atoms with Crippen molar-refractivity contribution in [2.75, 3.05) is 13.2 Å². The minimum absolute atomic E-state index is 0.0147. The van der Waals surface area contributed by atoms with Crippen LogP contribution in [0.1, 0.15) is 60.8 Å². The fraction of sp³-hybridized carbons (Fsp3) is 0.389. The highest BCUT2D eigenvalue weighted by Gasteiger charge is 2.27. The lowest BCUT2D eigenvalue weighted by Crippen LogP contribution is -2.53. The second kappa shape index (κ2) is 20.3. The number of alkyl carbamates (subject to hydrolysis) is 1. The summed E-state index contributed by atoms with van der Waals surface area (Å²) in [6.07, 6.45) is 1.57. The van der Waals surface area contributed by atoms with E-state index in [-0.39, 0.29) is 31.9 Å². The molecule has 3 rings (SSSR count). The maximum Gasteiger partial charge on any atom is 0.408 e. The molecule has 11 nitrogen and oxygen atoms in total. The molecule has 252 valence electrons. The predicted molar refractivity (Wildman–Crippen MR) is 179 cm³/mol. The van der Waals surface area contributed by atoms with Crippen LogP contribution in [0.5, 0.6) is 5.75 Å². The topological polar surface area (TPSA) is 169 Å². The highest BCUT2D eigenvalue weighted by molar-refractivity contribution is 5.91. The van der Waals surface area contributed by atoms with E-state index in [1.807, 2.05) is 85.8 Å². The number of hydrogen-bond acceptors (Lipinski definition) is 7. The maximum absolute atomic E-state index is 13.6. The average molecular weight is 647 g/mol. The fourth-order valence-corrected chi connectivity index (χ4v) is 4.80. The second-order valence-electron chi connectivity index (χ2n) is 11.3. The van der Waals surface area contributed by atoms with Crippen molar-refractivity contribution in [3.05, 3.63) is 101 Å². The van der Waals surface area contributed by atoms with E-state index in [9.17, 15) is 19.2 Å². The quantitative estimate of drug-likeness (QED) is 0.113. The summed E-state index contributed by atoms with van der Waals surface area (Å²) in [5, 5.41) is 17.4. The molecule has 0 fully saturated rings. The number of nitrogens with one attached hydrogen (secondary N) is 3. The molecule has 11 heteroatoms. The van der Waals surface area contributed by atoms with Crippen molar-refractivity contribution in [1.82, 2.24) is 16.0 Å². The largest absolute Gasteiger partial charge is 0.494 e. The number of nitrogens with two attached hydrogens (primary N) is 1. The van der Waals surface area contributed by atoms with E-state index in [0.717, 1.165) is 28.7 Å². The third kappa shape index (κ3) is 14.0. The molecular formula is C36H46N4O7. The van der Waals surface area contributed by atoms with Crippen LogP contribution < -0.4 is 26.4 Å². The van der Waals surface area contributed by atoms with Gasteiger partial charge in [-0.25, -0.2) is 4.79 Å². The number of carboxylic acid groups (broad SMARTS) is 1. The molecule has 47 heavy (non-hydrogen) atoms. The van der Waals surface area contributed by atoms with Gasteiger partial charge in [0.1, 0.15) is 24.4 Å². The predicted octanol–water partition coefficient (Wildman–Crippen LogP) is 4.40. The Morgan fingerprint density at radius 2 is 1.49 bits per heavy atom. The lowest BCUT2D eigenvalue weighted by atomic mass is 10.0. The molecule has 0 aliphatic carbocycles. The molecular weight excluding hydrogens is 600 g/mol. The van der Waals surface area contributed by atoms with Gasteiger partial charge in [0.15, 0.2) is 0 Å². The Morgan fingerprint density at radius 3 is 2.17 bits per heavy atom. The van der Waals surface area contributed by atoms with Crippen LogP contribution in [0.3, 0.4) is 0 Å². The Balaban J connectivity index is 1.70. The highest BCUT2D eigenvalue weighted by atomic mass is 16.5. The van der Waals surface area contributed by atoms with Gasteiger partial charge < -0.3 is 36.3 Å². The number of hydrogen-bond donors (Lipinski definition) is 5. The number of unbranched alkanes of at least 4 members (excludes halogenated alkanes) is 1. The monoisotopic (exact) mass is 646 g/mol. The summed E-state index contributed by atoms with van der Waals surface area (Å²) in [6, 6.07) is 22.5. The first-order valence-corrected chi connectivity index (χ1v) is 16.0. The van der Waals surface area contributed by atoms with Gasteiger partial charge in [-0.2, -0.15) is 0 Å². The Bertz CT molecular complexity index is 1420. The lowest BCUT2D eigenvalue weighted by molar-refractivity contribution is -0.137. The molecule has 0 saturated carbocycles. The lowest BCUT2D eigenvalue weighted by Gasteiger charge is -2.23. The minimum atomic E-state index is -1.04. The number of aliphatic carboxylic acids is 1. The van der Waals surface area contributed by atoms with E-state index in [0.29, 0.717) is 44.6 Å². The van der Waals surface area contributed by atoms with Gasteiger partial charge in [0.2, 0.25) is 11.8 Å². The zero-order valence-corrected chi connectivity index (χ0v) is 26.9. The first-order chi connectivity index (χ1) is 22.7. The minimum Gasteiger partial charge on any atom is -0.494 e. The summed E-state index contributed by atoms with van der Waals surface area (Å²) in [5.41, 5.74) is 9.20. The molecule has 0 bridgehead atoms. The zero-order valence-electron chi connectivity index (χ0n) is 26.9. The van der Waals surface area contributed by atoms with Crippen LogP contribution in [0.15, 0.2) is 78.9 Å². The van der Waals surface area contributed by atoms with Gasteiger partial charge in [-0.1, -0.05) is 73.2 Å². The van der Waals surface area contributed by atoms with Crippen molar-refractivity contribution in [3.63, 3.8) is 0 Å². The molecule has 3 amide bonds. The van der Waals surface area contributed by atoms with Crippen molar-refractivity contribution in [2.45, 2.75) is 77.1 Å². The van der Waals surface area contributed by atoms with Crippen LogP contribution in [-0.2, 0) is 38.7 Å². The Morgan fingerprint density at radius 1 is 0.809 bits per heavy atom. The first-order valence-electron chi connectivity index (χ1n) is 16.0. The number of ether oxygens (including phenoxy) is 2. The summed E-state index contributed by atoms with van der Waals surface area (Å²) >= 11 is 0. The summed E-state index contributed by atoms with van der Waals surface area (Å²) in [6.45, 7) is 3.19. The number of benzene rings is 3. The van der Waals surface area contributed by atoms with Gasteiger partial charge in [-0.3, -0.25) is 14.4 Å². The van der Waals surface area contributed by atoms with E-state index in [1.165, 1.54) is 0 Å². The standard InChI is InChI=1S/C36H46N4O7/c1-26-17-19-30(46-22-10-21-37)23-29(26)24-38-34(43)32(20-18-27-11-4-2-5-12-27)39-35(44)31(15-8-9-16-33(41)42)40-36(45)47-25-28-13-6-3-7-14-28/h2-7,11-14,17,19,23,31-32H,8-10,15-16,18,20-22,24-25,37H2,1H3,(H,38,43)(H,39,44)(H,40,45)(H,41,42). The highest BCUT2D eigenvalue weighted by Crippen LogP contribution is 2.18. The molecule has 2 unspecified atom stereocenters. The Hall–Kier alpha value is -4.90. The number of carbonyl (C=O) groups excluding carboxylic acids is 3. The van der Waals surface area contributed by atoms with E-state index in [2.05, 4.69) is 16.0 Å². The summed E-state index contributed by atoms with van der Waals surface area (Å²) < 4.78 is 11.1. The molecule has 0 spiro atoms. The van der Waals surface area contributed by atoms with Gasteiger partial charge in [0, 0.05) is 13.0 Å². The molecule has 3 aromatic carbocycles. The van der Waals surface area contributed by atoms with Crippen LogP contribution in [-0.4, -0.2) is 54.2 Å². The smallest absolute Gasteiger partial charge is 0.408 e. The van der Waals surface area contributed by atoms with Crippen LogP contribution >= 0.6 is 0 Å². The Labute approximate surface area is 276 Å². The van der Waals surface area contributed by atoms with Crippen LogP contribution in [0.4, 0.5) is 4.79 Å². The molecule has 3 aromatic rings. The molecule has 0 aliphatic heterocycles. The SMILES string of the molecule is Cc1ccc(OCCCN)cc1CNC(=O)C(CCc1ccccc1)NC(=O)C(CCCCC(=O)O)NC(=O)OCc1ccccc1. The number of carbonyl (C=O) groups is 4. The number of rotatable bonds is 20. The molecule has 0 heterocycles. The number of carboxylic acids is 1. The average Bonchev–Trinajstić information content (AvgIpc) is 3.07. The van der Waals surface area contributed by atoms with Crippen molar-refractivity contribution in [3.8, 4) is 5.75 Å². The van der Waals surface area contributed by atoms with Crippen LogP contribution in [0.25, 0.3) is 0 Å². The molecule has 0 radical (unpaired) electrons. The molecule has 0 saturated heterocycles. The second-order valence-corrected chi connectivity index (χ2v) is 11.3. The first kappa shape index (κ1) is 36.6. The van der Waals surface area contributed by atoms with Gasteiger partial charge in [0.25, 0.3) is 0 Å². The van der Waals surface area contributed by atoms with Crippen LogP contribution in [0, 0.1) is 6.92 Å². The van der Waals surface area contributed by atoms with Gasteiger partial charge in [-0.05, 0) is 80.0 Å². The normalized spacial score (nSPS) is 12.0. The van der Waals surface area contributed by atoms with Crippen molar-refractivity contribution in [2.24, 2.45) is 5.73 Å². The van der Waals surface area contributed by atoms with Crippen molar-refractivity contribution >= 4 is 23.9 Å². The summed E-state index contributed by atoms with van der Waals surface area (Å²) in [7, 11) is 0. The van der Waals surface area contributed by atoms with E-state index < -0.39 is 30.1 Å². The molecule has 6 N–H and O–H groups in total. The van der Waals surface area contributed by atoms with Crippen molar-refractivity contribution < 1.29 is 33.8 Å². The number of aryl methyl sites for hydroxylation is 2. The van der Waals surface area contributed by atoms with Gasteiger partial charge in [0.05, 0.1) is 6.61 Å². The maximum atomic E-state index is 13.6. The number of amides is 3. The molecule has 2 atom stereocenters. The van der Waals surface area contributed by atoms with E-state index >= 15 is 0 Å². The summed E-state index contributed by atoms with van der Waals surface area (Å²) in [4.78, 5) is 50.9. The summed E-state index contributed by atoms with van der Waals surface area (Å²) in [5.74, 6) is -1.20. The van der Waals surface area contributed by atoms with Crippen LogP contribution in [0.2, 0.25) is 0 Å². The van der Waals surface area contributed by atoms with Crippen molar-refractivity contribution in [1.29, 1.82) is 0 Å². The van der Waals surface area contributed by atoms with E-state index in [4.69, 9.17) is 20.3 Å². The van der Waals surface area contributed by atoms with Gasteiger partial charge >= 0.3 is 12.1 Å². The van der Waals surface area contributed by atoms with Gasteiger partial charge in [-0.15, -0.1) is 0 Å². The molecule has 0 aromatic heterocycles.